The monoisotopic (exact) mass is 417 g/mol. The van der Waals surface area contributed by atoms with Crippen LogP contribution in [0, 0.1) is 3.57 Å². The van der Waals surface area contributed by atoms with Gasteiger partial charge in [0, 0.05) is 24.2 Å². The Bertz CT molecular complexity index is 622. The number of hydrogen-bond acceptors (Lipinski definition) is 4. The molecule has 2 rings (SSSR count). The van der Waals surface area contributed by atoms with Crippen molar-refractivity contribution in [1.82, 2.24) is 9.97 Å². The van der Waals surface area contributed by atoms with Gasteiger partial charge in [-0.25, -0.2) is 9.97 Å². The molecule has 21 heavy (non-hydrogen) atoms. The molecule has 0 aliphatic rings. The molecule has 1 N–H and O–H groups in total. The zero-order valence-electron chi connectivity index (χ0n) is 12.0. The van der Waals surface area contributed by atoms with Crippen molar-refractivity contribution in [3.05, 3.63) is 38.6 Å². The number of anilines is 1. The molecule has 0 saturated carbocycles. The number of halogens is 2. The molecule has 0 aliphatic carbocycles. The van der Waals surface area contributed by atoms with Gasteiger partial charge in [-0.1, -0.05) is 30.7 Å². The molecule has 0 radical (unpaired) electrons. The maximum Gasteiger partial charge on any atom is 0.161 e. The first-order valence-corrected chi connectivity index (χ1v) is 8.16. The van der Waals surface area contributed by atoms with E-state index in [0.29, 0.717) is 17.5 Å². The van der Waals surface area contributed by atoms with Gasteiger partial charge in [-0.05, 0) is 41.1 Å². The number of rotatable bonds is 6. The van der Waals surface area contributed by atoms with Crippen molar-refractivity contribution in [1.29, 1.82) is 0 Å². The lowest BCUT2D eigenvalue weighted by atomic mass is 10.2. The molecule has 0 atom stereocenters. The van der Waals surface area contributed by atoms with Crippen molar-refractivity contribution in [3.8, 4) is 11.4 Å². The van der Waals surface area contributed by atoms with Crippen LogP contribution in [0.25, 0.3) is 11.4 Å². The second-order valence-electron chi connectivity index (χ2n) is 4.53. The van der Waals surface area contributed by atoms with Crippen molar-refractivity contribution in [2.45, 2.75) is 20.0 Å². The van der Waals surface area contributed by atoms with Crippen molar-refractivity contribution in [3.63, 3.8) is 0 Å². The van der Waals surface area contributed by atoms with Crippen LogP contribution in [0.4, 0.5) is 5.82 Å². The van der Waals surface area contributed by atoms with Crippen molar-refractivity contribution in [2.75, 3.05) is 19.0 Å². The van der Waals surface area contributed by atoms with Gasteiger partial charge in [-0.15, -0.1) is 0 Å². The van der Waals surface area contributed by atoms with Crippen LogP contribution in [-0.2, 0) is 11.3 Å². The Morgan fingerprint density at radius 2 is 2.14 bits per heavy atom. The minimum Gasteiger partial charge on any atom is -0.378 e. The first kappa shape index (κ1) is 16.5. The molecule has 4 nitrogen and oxygen atoms in total. The van der Waals surface area contributed by atoms with Crippen molar-refractivity contribution < 1.29 is 4.74 Å². The fraction of sp³-hybridized carbons (Fsp3) is 0.333. The Kier molecular flexibility index (Phi) is 6.20. The second kappa shape index (κ2) is 7.91. The maximum absolute atomic E-state index is 6.05. The normalized spacial score (nSPS) is 10.7. The second-order valence-corrected chi connectivity index (χ2v) is 6.04. The largest absolute Gasteiger partial charge is 0.378 e. The van der Waals surface area contributed by atoms with Crippen molar-refractivity contribution >= 4 is 40.0 Å². The van der Waals surface area contributed by atoms with E-state index in [-0.39, 0.29) is 0 Å². The Morgan fingerprint density at radius 1 is 1.33 bits per heavy atom. The number of nitrogens with one attached hydrogen (secondary N) is 1. The minimum absolute atomic E-state index is 0.454. The van der Waals surface area contributed by atoms with Gasteiger partial charge in [-0.2, -0.15) is 0 Å². The van der Waals surface area contributed by atoms with Gasteiger partial charge in [0.25, 0.3) is 0 Å². The van der Waals surface area contributed by atoms with E-state index < -0.39 is 0 Å². The molecule has 1 heterocycles. The highest BCUT2D eigenvalue weighted by molar-refractivity contribution is 14.1. The summed E-state index contributed by atoms with van der Waals surface area (Å²) in [6, 6.07) is 7.55. The third-order valence-electron chi connectivity index (χ3n) is 2.83. The van der Waals surface area contributed by atoms with Gasteiger partial charge < -0.3 is 10.1 Å². The third kappa shape index (κ3) is 4.28. The Morgan fingerprint density at radius 3 is 2.81 bits per heavy atom. The Hall–Kier alpha value is -0.920. The summed E-state index contributed by atoms with van der Waals surface area (Å²) >= 11 is 8.31. The number of nitrogens with zero attached hydrogens (tertiary/aromatic N) is 2. The van der Waals surface area contributed by atoms with E-state index in [1.807, 2.05) is 24.3 Å². The molecule has 0 spiro atoms. The molecule has 0 unspecified atom stereocenters. The molecule has 0 bridgehead atoms. The molecular weight excluding hydrogens is 401 g/mol. The van der Waals surface area contributed by atoms with Crippen LogP contribution in [-0.4, -0.2) is 23.6 Å². The quantitative estimate of drug-likeness (QED) is 0.709. The lowest BCUT2D eigenvalue weighted by molar-refractivity contribution is 0.181. The summed E-state index contributed by atoms with van der Waals surface area (Å²) in [5.74, 6) is 1.50. The molecule has 0 aliphatic heterocycles. The molecule has 1 aromatic heterocycles. The standard InChI is InChI=1S/C15H17ClIN3O/c1-3-7-18-15-13(17)12(9-21-2)19-14(20-15)10-5-4-6-11(16)8-10/h4-6,8H,3,7,9H2,1-2H3,(H,18,19,20). The number of aromatic nitrogens is 2. The zero-order chi connectivity index (χ0) is 15.2. The van der Waals surface area contributed by atoms with E-state index in [4.69, 9.17) is 16.3 Å². The number of benzene rings is 1. The maximum atomic E-state index is 6.05. The van der Waals surface area contributed by atoms with Crippen LogP contribution in [0.3, 0.4) is 0 Å². The fourth-order valence-corrected chi connectivity index (χ4v) is 2.62. The zero-order valence-corrected chi connectivity index (χ0v) is 14.9. The van der Waals surface area contributed by atoms with Gasteiger partial charge in [0.05, 0.1) is 15.9 Å². The van der Waals surface area contributed by atoms with E-state index in [9.17, 15) is 0 Å². The molecule has 2 aromatic rings. The first-order chi connectivity index (χ1) is 10.2. The van der Waals surface area contributed by atoms with Gasteiger partial charge in [0.2, 0.25) is 0 Å². The summed E-state index contributed by atoms with van der Waals surface area (Å²) in [7, 11) is 1.66. The smallest absolute Gasteiger partial charge is 0.161 e. The Balaban J connectivity index is 2.47. The van der Waals surface area contributed by atoms with Gasteiger partial charge >= 0.3 is 0 Å². The lowest BCUT2D eigenvalue weighted by Crippen LogP contribution is -2.09. The molecule has 0 saturated heterocycles. The van der Waals surface area contributed by atoms with Crippen LogP contribution >= 0.6 is 34.2 Å². The predicted octanol–water partition coefficient (Wildman–Crippen LogP) is 4.37. The SMILES string of the molecule is CCCNc1nc(-c2cccc(Cl)c2)nc(COC)c1I. The average Bonchev–Trinajstić information content (AvgIpc) is 2.48. The van der Waals surface area contributed by atoms with Crippen LogP contribution in [0.1, 0.15) is 19.0 Å². The highest BCUT2D eigenvalue weighted by atomic mass is 127. The molecule has 0 amide bonds. The number of ether oxygens (including phenoxy) is 1. The first-order valence-electron chi connectivity index (χ1n) is 6.70. The van der Waals surface area contributed by atoms with E-state index in [2.05, 4.69) is 44.8 Å². The molecule has 0 fully saturated rings. The Labute approximate surface area is 143 Å². The van der Waals surface area contributed by atoms with E-state index in [0.717, 1.165) is 33.6 Å². The third-order valence-corrected chi connectivity index (χ3v) is 4.19. The summed E-state index contributed by atoms with van der Waals surface area (Å²) < 4.78 is 6.23. The van der Waals surface area contributed by atoms with Crippen LogP contribution in [0.15, 0.2) is 24.3 Å². The average molecular weight is 418 g/mol. The highest BCUT2D eigenvalue weighted by Crippen LogP contribution is 2.26. The fourth-order valence-electron chi connectivity index (χ4n) is 1.84. The molecule has 1 aromatic carbocycles. The van der Waals surface area contributed by atoms with Gasteiger partial charge in [0.1, 0.15) is 5.82 Å². The van der Waals surface area contributed by atoms with E-state index in [1.54, 1.807) is 7.11 Å². The van der Waals surface area contributed by atoms with Gasteiger partial charge in [-0.3, -0.25) is 0 Å². The van der Waals surface area contributed by atoms with E-state index >= 15 is 0 Å². The van der Waals surface area contributed by atoms with Gasteiger partial charge in [0.15, 0.2) is 5.82 Å². The lowest BCUT2D eigenvalue weighted by Gasteiger charge is -2.12. The van der Waals surface area contributed by atoms with Crippen LogP contribution < -0.4 is 5.32 Å². The molecule has 112 valence electrons. The van der Waals surface area contributed by atoms with E-state index in [1.165, 1.54) is 0 Å². The number of methoxy groups -OCH3 is 1. The summed E-state index contributed by atoms with van der Waals surface area (Å²) in [6.07, 6.45) is 1.03. The number of hydrogen-bond donors (Lipinski definition) is 1. The summed E-state index contributed by atoms with van der Waals surface area (Å²) in [5, 5.41) is 4.01. The van der Waals surface area contributed by atoms with Crippen molar-refractivity contribution in [2.24, 2.45) is 0 Å². The summed E-state index contributed by atoms with van der Waals surface area (Å²) in [5.41, 5.74) is 1.78. The summed E-state index contributed by atoms with van der Waals surface area (Å²) in [6.45, 7) is 3.44. The summed E-state index contributed by atoms with van der Waals surface area (Å²) in [4.78, 5) is 9.22. The van der Waals surface area contributed by atoms with Crippen LogP contribution in [0.2, 0.25) is 5.02 Å². The molecule has 6 heteroatoms. The van der Waals surface area contributed by atoms with Crippen LogP contribution in [0.5, 0.6) is 0 Å². The molecular formula is C15H17ClIN3O. The highest BCUT2D eigenvalue weighted by Gasteiger charge is 2.13. The topological polar surface area (TPSA) is 47.0 Å². The minimum atomic E-state index is 0.454. The predicted molar refractivity (Wildman–Crippen MR) is 94.7 cm³/mol.